The zero-order chi connectivity index (χ0) is 11.3. The fraction of sp³-hybridized carbons (Fsp3) is 0.667. The van der Waals surface area contributed by atoms with Gasteiger partial charge < -0.3 is 5.73 Å². The van der Waals surface area contributed by atoms with E-state index in [2.05, 4.69) is 4.98 Å². The Bertz CT molecular complexity index is 483. The fourth-order valence-electron chi connectivity index (χ4n) is 1.49. The highest BCUT2D eigenvalue weighted by molar-refractivity contribution is 7.90. The van der Waals surface area contributed by atoms with Crippen LogP contribution in [0.25, 0.3) is 0 Å². The van der Waals surface area contributed by atoms with Crippen LogP contribution in [0.4, 0.5) is 0 Å². The summed E-state index contributed by atoms with van der Waals surface area (Å²) in [5, 5.41) is 0.824. The van der Waals surface area contributed by atoms with E-state index in [0.29, 0.717) is 6.42 Å². The molecule has 0 atom stereocenters. The molecule has 1 aliphatic rings. The van der Waals surface area contributed by atoms with Gasteiger partial charge in [0.2, 0.25) is 0 Å². The van der Waals surface area contributed by atoms with Crippen molar-refractivity contribution < 1.29 is 8.42 Å². The second-order valence-electron chi connectivity index (χ2n) is 4.45. The van der Waals surface area contributed by atoms with Gasteiger partial charge in [-0.1, -0.05) is 0 Å². The molecular formula is C9H14N2O2S2. The molecule has 0 amide bonds. The molecule has 0 saturated heterocycles. The van der Waals surface area contributed by atoms with Gasteiger partial charge in [-0.15, -0.1) is 11.3 Å². The number of hydrogen-bond acceptors (Lipinski definition) is 5. The molecule has 0 radical (unpaired) electrons. The molecule has 0 bridgehead atoms. The summed E-state index contributed by atoms with van der Waals surface area (Å²) in [7, 11) is -2.90. The summed E-state index contributed by atoms with van der Waals surface area (Å²) in [5.74, 6) is 0.351. The Hall–Kier alpha value is -0.460. The zero-order valence-electron chi connectivity index (χ0n) is 8.78. The number of hydrogen-bond donors (Lipinski definition) is 1. The average molecular weight is 246 g/mol. The Morgan fingerprint density at radius 1 is 1.47 bits per heavy atom. The molecule has 1 aromatic heterocycles. The standard InChI is InChI=1S/C9H14N2O2S2/c1-9(2,10)8-11-6-3-4-15(12,13)5-7(6)14-8/h3-5,10H2,1-2H3. The zero-order valence-corrected chi connectivity index (χ0v) is 10.4. The van der Waals surface area contributed by atoms with Crippen LogP contribution in [-0.2, 0) is 27.5 Å². The maximum Gasteiger partial charge on any atom is 0.155 e. The van der Waals surface area contributed by atoms with Crippen LogP contribution in [0.2, 0.25) is 0 Å². The first-order valence-corrected chi connectivity index (χ1v) is 7.40. The lowest BCUT2D eigenvalue weighted by Gasteiger charge is -2.13. The topological polar surface area (TPSA) is 73.0 Å². The summed E-state index contributed by atoms with van der Waals surface area (Å²) in [6.07, 6.45) is 0.532. The lowest BCUT2D eigenvalue weighted by atomic mass is 10.1. The van der Waals surface area contributed by atoms with Gasteiger partial charge in [0.1, 0.15) is 5.01 Å². The quantitative estimate of drug-likeness (QED) is 0.795. The molecule has 1 aliphatic heterocycles. The van der Waals surface area contributed by atoms with E-state index < -0.39 is 15.4 Å². The fourth-order valence-corrected chi connectivity index (χ4v) is 4.40. The molecule has 6 heteroatoms. The van der Waals surface area contributed by atoms with Crippen LogP contribution in [0.15, 0.2) is 0 Å². The summed E-state index contributed by atoms with van der Waals surface area (Å²) in [5.41, 5.74) is 6.37. The van der Waals surface area contributed by atoms with E-state index in [9.17, 15) is 8.42 Å². The third-order valence-corrected chi connectivity index (χ3v) is 5.50. The van der Waals surface area contributed by atoms with Gasteiger partial charge in [0, 0.05) is 11.3 Å². The SMILES string of the molecule is CC(C)(N)c1nc2c(s1)CS(=O)(=O)CC2. The monoisotopic (exact) mass is 246 g/mol. The Morgan fingerprint density at radius 3 is 2.73 bits per heavy atom. The maximum atomic E-state index is 11.4. The lowest BCUT2D eigenvalue weighted by Crippen LogP contribution is -2.28. The van der Waals surface area contributed by atoms with Crippen LogP contribution >= 0.6 is 11.3 Å². The van der Waals surface area contributed by atoms with Crippen LogP contribution in [-0.4, -0.2) is 19.2 Å². The third kappa shape index (κ3) is 2.21. The summed E-state index contributed by atoms with van der Waals surface area (Å²) >= 11 is 1.43. The lowest BCUT2D eigenvalue weighted by molar-refractivity contribution is 0.548. The molecule has 15 heavy (non-hydrogen) atoms. The molecule has 0 saturated carbocycles. The van der Waals surface area contributed by atoms with Crippen molar-refractivity contribution in [2.45, 2.75) is 31.6 Å². The van der Waals surface area contributed by atoms with E-state index in [1.54, 1.807) is 0 Å². The van der Waals surface area contributed by atoms with Crippen LogP contribution < -0.4 is 5.73 Å². The van der Waals surface area contributed by atoms with E-state index in [1.165, 1.54) is 11.3 Å². The van der Waals surface area contributed by atoms with Gasteiger partial charge in [-0.3, -0.25) is 0 Å². The largest absolute Gasteiger partial charge is 0.320 e. The normalized spacial score (nSPS) is 19.9. The number of sulfone groups is 1. The van der Waals surface area contributed by atoms with E-state index >= 15 is 0 Å². The molecule has 0 aliphatic carbocycles. The van der Waals surface area contributed by atoms with Crippen molar-refractivity contribution in [2.24, 2.45) is 5.73 Å². The van der Waals surface area contributed by atoms with Crippen molar-refractivity contribution >= 4 is 21.2 Å². The minimum atomic E-state index is -2.90. The van der Waals surface area contributed by atoms with E-state index in [0.717, 1.165) is 15.6 Å². The van der Waals surface area contributed by atoms with Crippen molar-refractivity contribution in [1.82, 2.24) is 4.98 Å². The number of aromatic nitrogens is 1. The van der Waals surface area contributed by atoms with Gasteiger partial charge in [-0.25, -0.2) is 13.4 Å². The summed E-state index contributed by atoms with van der Waals surface area (Å²) in [4.78, 5) is 5.29. The first-order valence-electron chi connectivity index (χ1n) is 4.76. The van der Waals surface area contributed by atoms with Crippen LogP contribution in [0.5, 0.6) is 0 Å². The number of nitrogens with two attached hydrogens (primary N) is 1. The van der Waals surface area contributed by atoms with Gasteiger partial charge >= 0.3 is 0 Å². The first-order chi connectivity index (χ1) is 6.78. The Labute approximate surface area is 93.4 Å². The summed E-state index contributed by atoms with van der Waals surface area (Å²) < 4.78 is 22.8. The van der Waals surface area contributed by atoms with Crippen LogP contribution in [0, 0.1) is 0 Å². The van der Waals surface area contributed by atoms with Crippen molar-refractivity contribution in [3.8, 4) is 0 Å². The minimum Gasteiger partial charge on any atom is -0.320 e. The molecule has 0 spiro atoms. The van der Waals surface area contributed by atoms with Gasteiger partial charge in [0.25, 0.3) is 0 Å². The minimum absolute atomic E-state index is 0.135. The van der Waals surface area contributed by atoms with Crippen molar-refractivity contribution in [3.05, 3.63) is 15.6 Å². The Balaban J connectivity index is 2.42. The highest BCUT2D eigenvalue weighted by atomic mass is 32.2. The number of fused-ring (bicyclic) bond motifs is 1. The van der Waals surface area contributed by atoms with Crippen LogP contribution in [0.3, 0.4) is 0 Å². The molecule has 4 nitrogen and oxygen atoms in total. The smallest absolute Gasteiger partial charge is 0.155 e. The molecule has 84 valence electrons. The second-order valence-corrected chi connectivity index (χ2v) is 7.72. The van der Waals surface area contributed by atoms with Crippen molar-refractivity contribution in [1.29, 1.82) is 0 Å². The van der Waals surface area contributed by atoms with Gasteiger partial charge in [-0.05, 0) is 13.8 Å². The highest BCUT2D eigenvalue weighted by Crippen LogP contribution is 2.30. The number of nitrogens with zero attached hydrogens (tertiary/aromatic N) is 1. The second kappa shape index (κ2) is 3.26. The van der Waals surface area contributed by atoms with Gasteiger partial charge in [0.15, 0.2) is 9.84 Å². The van der Waals surface area contributed by atoms with Crippen molar-refractivity contribution in [3.63, 3.8) is 0 Å². The number of rotatable bonds is 1. The van der Waals surface area contributed by atoms with Gasteiger partial charge in [0.05, 0.1) is 22.7 Å². The van der Waals surface area contributed by atoms with E-state index in [-0.39, 0.29) is 11.5 Å². The Kier molecular flexibility index (Phi) is 2.40. The number of aryl methyl sites for hydroxylation is 1. The van der Waals surface area contributed by atoms with E-state index in [1.807, 2.05) is 13.8 Å². The molecule has 0 fully saturated rings. The Morgan fingerprint density at radius 2 is 2.13 bits per heavy atom. The first kappa shape index (κ1) is 11.0. The predicted molar refractivity (Wildman–Crippen MR) is 60.5 cm³/mol. The average Bonchev–Trinajstić information content (AvgIpc) is 2.43. The van der Waals surface area contributed by atoms with Crippen molar-refractivity contribution in [2.75, 3.05) is 5.75 Å². The highest BCUT2D eigenvalue weighted by Gasteiger charge is 2.28. The molecule has 0 unspecified atom stereocenters. The molecule has 2 heterocycles. The predicted octanol–water partition coefficient (Wildman–Crippen LogP) is 0.808. The molecule has 2 N–H and O–H groups in total. The molecule has 0 aromatic carbocycles. The summed E-state index contributed by atoms with van der Waals surface area (Å²) in [6, 6.07) is 0. The van der Waals surface area contributed by atoms with Crippen LogP contribution in [0.1, 0.15) is 29.4 Å². The maximum absolute atomic E-state index is 11.4. The molecule has 1 aromatic rings. The molecular weight excluding hydrogens is 232 g/mol. The number of thiazole rings is 1. The molecule has 2 rings (SSSR count). The van der Waals surface area contributed by atoms with E-state index in [4.69, 9.17) is 5.73 Å². The summed E-state index contributed by atoms with van der Waals surface area (Å²) in [6.45, 7) is 3.76. The third-order valence-electron chi connectivity index (χ3n) is 2.33. The van der Waals surface area contributed by atoms with Gasteiger partial charge in [-0.2, -0.15) is 0 Å².